The van der Waals surface area contributed by atoms with E-state index in [1.807, 2.05) is 31.2 Å². The third-order valence-electron chi connectivity index (χ3n) is 2.94. The van der Waals surface area contributed by atoms with Crippen molar-refractivity contribution >= 4 is 27.3 Å². The van der Waals surface area contributed by atoms with Gasteiger partial charge in [0.25, 0.3) is 0 Å². The van der Waals surface area contributed by atoms with Crippen molar-refractivity contribution in [2.24, 2.45) is 0 Å². The molecule has 0 amide bonds. The van der Waals surface area contributed by atoms with E-state index in [9.17, 15) is 4.39 Å². The van der Waals surface area contributed by atoms with Crippen LogP contribution in [0.25, 0.3) is 0 Å². The molecule has 1 aromatic heterocycles. The highest BCUT2D eigenvalue weighted by Gasteiger charge is 2.18. The number of benzene rings is 1. The second-order valence-electron chi connectivity index (χ2n) is 4.55. The first kappa shape index (κ1) is 14.7. The normalized spacial score (nSPS) is 12.6. The fourth-order valence-corrected chi connectivity index (χ4v) is 3.52. The minimum Gasteiger partial charge on any atom is -0.306 e. The molecule has 0 fully saturated rings. The summed E-state index contributed by atoms with van der Waals surface area (Å²) in [5.41, 5.74) is 1.66. The Morgan fingerprint density at radius 3 is 2.68 bits per heavy atom. The van der Waals surface area contributed by atoms with Gasteiger partial charge in [-0.2, -0.15) is 0 Å². The number of nitrogens with one attached hydrogen (secondary N) is 1. The fraction of sp³-hybridized carbons (Fsp3) is 0.333. The summed E-state index contributed by atoms with van der Waals surface area (Å²) in [5, 5.41) is 3.43. The Labute approximate surface area is 126 Å². The topological polar surface area (TPSA) is 12.0 Å². The molecule has 19 heavy (non-hydrogen) atoms. The third-order valence-corrected chi connectivity index (χ3v) is 4.63. The maximum absolute atomic E-state index is 14.2. The zero-order valence-corrected chi connectivity index (χ0v) is 13.4. The van der Waals surface area contributed by atoms with E-state index < -0.39 is 0 Å². The van der Waals surface area contributed by atoms with Crippen LogP contribution in [0.4, 0.5) is 4.39 Å². The number of rotatable bonds is 5. The molecule has 2 rings (SSSR count). The standard InChI is InChI=1S/C15H17BrFNS/c1-3-8-18-15(13-6-7-14(16)19-13)11-5-4-10(2)9-12(11)17/h4-7,9,15,18H,3,8H2,1-2H3. The van der Waals surface area contributed by atoms with Gasteiger partial charge in [0.2, 0.25) is 0 Å². The van der Waals surface area contributed by atoms with Gasteiger partial charge in [-0.15, -0.1) is 11.3 Å². The van der Waals surface area contributed by atoms with Gasteiger partial charge in [-0.3, -0.25) is 0 Å². The summed E-state index contributed by atoms with van der Waals surface area (Å²) in [4.78, 5) is 1.13. The Hall–Kier alpha value is -0.710. The molecule has 1 aromatic carbocycles. The molecule has 0 aliphatic heterocycles. The maximum Gasteiger partial charge on any atom is 0.128 e. The molecule has 0 radical (unpaired) electrons. The van der Waals surface area contributed by atoms with E-state index in [1.54, 1.807) is 17.4 Å². The summed E-state index contributed by atoms with van der Waals surface area (Å²) < 4.78 is 15.2. The van der Waals surface area contributed by atoms with Crippen LogP contribution < -0.4 is 5.32 Å². The molecule has 102 valence electrons. The van der Waals surface area contributed by atoms with Crippen LogP contribution in [0, 0.1) is 12.7 Å². The average molecular weight is 342 g/mol. The number of hydrogen-bond acceptors (Lipinski definition) is 2. The Balaban J connectivity index is 2.36. The minimum atomic E-state index is -0.141. The largest absolute Gasteiger partial charge is 0.306 e. The predicted molar refractivity (Wildman–Crippen MR) is 83.3 cm³/mol. The van der Waals surface area contributed by atoms with Gasteiger partial charge in [0.1, 0.15) is 5.82 Å². The summed E-state index contributed by atoms with van der Waals surface area (Å²) in [6, 6.07) is 9.41. The van der Waals surface area contributed by atoms with Gasteiger partial charge in [-0.25, -0.2) is 4.39 Å². The summed E-state index contributed by atoms with van der Waals surface area (Å²) in [5.74, 6) is -0.141. The van der Waals surface area contributed by atoms with Crippen LogP contribution in [0.2, 0.25) is 0 Å². The van der Waals surface area contributed by atoms with Gasteiger partial charge >= 0.3 is 0 Å². The van der Waals surface area contributed by atoms with Gasteiger partial charge < -0.3 is 5.32 Å². The highest BCUT2D eigenvalue weighted by Crippen LogP contribution is 2.32. The fourth-order valence-electron chi connectivity index (χ4n) is 2.00. The lowest BCUT2D eigenvalue weighted by atomic mass is 10.0. The molecule has 1 atom stereocenters. The molecule has 1 nitrogen and oxygen atoms in total. The molecular formula is C15H17BrFNS. The molecule has 0 saturated heterocycles. The van der Waals surface area contributed by atoms with Crippen LogP contribution in [0.5, 0.6) is 0 Å². The molecule has 1 N–H and O–H groups in total. The van der Waals surface area contributed by atoms with E-state index in [1.165, 1.54) is 0 Å². The van der Waals surface area contributed by atoms with Crippen LogP contribution in [0.1, 0.15) is 35.4 Å². The number of halogens is 2. The van der Waals surface area contributed by atoms with Crippen molar-refractivity contribution < 1.29 is 4.39 Å². The second kappa shape index (κ2) is 6.64. The van der Waals surface area contributed by atoms with Gasteiger partial charge in [0.05, 0.1) is 9.83 Å². The number of hydrogen-bond donors (Lipinski definition) is 1. The number of aryl methyl sites for hydroxylation is 1. The van der Waals surface area contributed by atoms with Crippen molar-refractivity contribution in [3.63, 3.8) is 0 Å². The summed E-state index contributed by atoms with van der Waals surface area (Å²) in [6.07, 6.45) is 1.02. The predicted octanol–water partition coefficient (Wildman–Crippen LogP) is 5.05. The van der Waals surface area contributed by atoms with Gasteiger partial charge in [0, 0.05) is 10.4 Å². The van der Waals surface area contributed by atoms with Crippen molar-refractivity contribution in [1.82, 2.24) is 5.32 Å². The molecule has 2 aromatic rings. The summed E-state index contributed by atoms with van der Waals surface area (Å²) in [6.45, 7) is 4.89. The van der Waals surface area contributed by atoms with Gasteiger partial charge in [0.15, 0.2) is 0 Å². The lowest BCUT2D eigenvalue weighted by Gasteiger charge is -2.18. The lowest BCUT2D eigenvalue weighted by Crippen LogP contribution is -2.23. The summed E-state index contributed by atoms with van der Waals surface area (Å²) in [7, 11) is 0. The molecule has 0 saturated carbocycles. The average Bonchev–Trinajstić information content (AvgIpc) is 2.78. The SMILES string of the molecule is CCCNC(c1ccc(Br)s1)c1ccc(C)cc1F. The van der Waals surface area contributed by atoms with Crippen LogP contribution in [-0.4, -0.2) is 6.54 Å². The first-order valence-corrected chi connectivity index (χ1v) is 7.97. The van der Waals surface area contributed by atoms with E-state index in [0.29, 0.717) is 5.56 Å². The third kappa shape index (κ3) is 3.65. The van der Waals surface area contributed by atoms with Crippen molar-refractivity contribution in [1.29, 1.82) is 0 Å². The van der Waals surface area contributed by atoms with Crippen LogP contribution in [-0.2, 0) is 0 Å². The highest BCUT2D eigenvalue weighted by atomic mass is 79.9. The van der Waals surface area contributed by atoms with E-state index >= 15 is 0 Å². The molecule has 0 aliphatic carbocycles. The molecule has 0 spiro atoms. The lowest BCUT2D eigenvalue weighted by molar-refractivity contribution is 0.550. The maximum atomic E-state index is 14.2. The quantitative estimate of drug-likeness (QED) is 0.802. The molecule has 4 heteroatoms. The molecule has 0 aliphatic rings. The van der Waals surface area contributed by atoms with Crippen molar-refractivity contribution in [3.05, 3.63) is 55.9 Å². The van der Waals surface area contributed by atoms with Crippen LogP contribution in [0.15, 0.2) is 34.1 Å². The number of thiophene rings is 1. The van der Waals surface area contributed by atoms with Crippen LogP contribution in [0.3, 0.4) is 0 Å². The first-order chi connectivity index (χ1) is 9.11. The summed E-state index contributed by atoms with van der Waals surface area (Å²) >= 11 is 5.11. The zero-order chi connectivity index (χ0) is 13.8. The van der Waals surface area contributed by atoms with Crippen molar-refractivity contribution in [2.45, 2.75) is 26.3 Å². The Morgan fingerprint density at radius 2 is 2.11 bits per heavy atom. The van der Waals surface area contributed by atoms with Gasteiger partial charge in [-0.1, -0.05) is 19.1 Å². The molecule has 1 heterocycles. The van der Waals surface area contributed by atoms with E-state index in [4.69, 9.17) is 0 Å². The smallest absolute Gasteiger partial charge is 0.128 e. The zero-order valence-electron chi connectivity index (χ0n) is 11.0. The van der Waals surface area contributed by atoms with E-state index in [2.05, 4.69) is 28.2 Å². The highest BCUT2D eigenvalue weighted by molar-refractivity contribution is 9.11. The first-order valence-electron chi connectivity index (χ1n) is 6.36. The van der Waals surface area contributed by atoms with E-state index in [0.717, 1.165) is 27.2 Å². The van der Waals surface area contributed by atoms with Crippen molar-refractivity contribution in [2.75, 3.05) is 6.54 Å². The molecular weight excluding hydrogens is 325 g/mol. The van der Waals surface area contributed by atoms with Crippen molar-refractivity contribution in [3.8, 4) is 0 Å². The van der Waals surface area contributed by atoms with Crippen LogP contribution >= 0.6 is 27.3 Å². The monoisotopic (exact) mass is 341 g/mol. The minimum absolute atomic E-state index is 0.0724. The van der Waals surface area contributed by atoms with E-state index in [-0.39, 0.29) is 11.9 Å². The second-order valence-corrected chi connectivity index (χ2v) is 7.05. The molecule has 1 unspecified atom stereocenters. The molecule has 0 bridgehead atoms. The Kier molecular flexibility index (Phi) is 5.13. The van der Waals surface area contributed by atoms with Gasteiger partial charge in [-0.05, 0) is 59.6 Å². The Bertz CT molecular complexity index is 553. The Morgan fingerprint density at radius 1 is 1.32 bits per heavy atom.